The Morgan fingerprint density at radius 2 is 1.74 bits per heavy atom. The fourth-order valence-electron chi connectivity index (χ4n) is 2.09. The number of hydrogen-bond acceptors (Lipinski definition) is 1. The molecule has 0 aliphatic heterocycles. The first-order valence-corrected chi connectivity index (χ1v) is 6.99. The van der Waals surface area contributed by atoms with Crippen LogP contribution in [0.3, 0.4) is 0 Å². The highest BCUT2D eigenvalue weighted by molar-refractivity contribution is 5.84. The van der Waals surface area contributed by atoms with E-state index in [1.54, 1.807) is 0 Å². The Hall–Kier alpha value is -1.89. The second-order valence-electron chi connectivity index (χ2n) is 4.85. The first-order valence-electron chi connectivity index (χ1n) is 6.99. The molecule has 0 spiro atoms. The number of para-hydroxylation sites is 1. The quantitative estimate of drug-likeness (QED) is 0.656. The first-order chi connectivity index (χ1) is 9.31. The van der Waals surface area contributed by atoms with E-state index in [0.717, 1.165) is 12.1 Å². The van der Waals surface area contributed by atoms with E-state index in [4.69, 9.17) is 0 Å². The van der Waals surface area contributed by atoms with E-state index >= 15 is 0 Å². The molecular formula is C18H21N. The van der Waals surface area contributed by atoms with Crippen LogP contribution >= 0.6 is 0 Å². The van der Waals surface area contributed by atoms with Gasteiger partial charge in [0.25, 0.3) is 0 Å². The van der Waals surface area contributed by atoms with Crippen LogP contribution in [0.5, 0.6) is 0 Å². The lowest BCUT2D eigenvalue weighted by atomic mass is 10.1. The van der Waals surface area contributed by atoms with Crippen LogP contribution in [-0.2, 0) is 6.42 Å². The molecule has 0 unspecified atom stereocenters. The zero-order chi connectivity index (χ0) is 13.5. The molecule has 0 aliphatic carbocycles. The van der Waals surface area contributed by atoms with E-state index in [-0.39, 0.29) is 0 Å². The number of hydrogen-bond donors (Lipinski definition) is 0. The molecule has 1 heteroatoms. The summed E-state index contributed by atoms with van der Waals surface area (Å²) in [6, 6.07) is 16.8. The Morgan fingerprint density at radius 1 is 1.00 bits per heavy atom. The van der Waals surface area contributed by atoms with E-state index < -0.39 is 0 Å². The molecule has 0 bridgehead atoms. The molecule has 0 aromatic heterocycles. The molecule has 1 nitrogen and oxygen atoms in total. The molecule has 0 aliphatic rings. The number of rotatable bonds is 5. The highest BCUT2D eigenvalue weighted by Gasteiger charge is 1.99. The van der Waals surface area contributed by atoms with Gasteiger partial charge in [-0.15, -0.1) is 0 Å². The van der Waals surface area contributed by atoms with E-state index in [1.807, 2.05) is 6.21 Å². The zero-order valence-electron chi connectivity index (χ0n) is 11.8. The average Bonchev–Trinajstić information content (AvgIpc) is 2.45. The largest absolute Gasteiger partial charge is 0.256 e. The van der Waals surface area contributed by atoms with Crippen LogP contribution < -0.4 is 0 Å². The van der Waals surface area contributed by atoms with Gasteiger partial charge in [0.2, 0.25) is 0 Å². The van der Waals surface area contributed by atoms with Gasteiger partial charge < -0.3 is 0 Å². The third-order valence-corrected chi connectivity index (χ3v) is 3.32. The lowest BCUT2D eigenvalue weighted by Gasteiger charge is -2.04. The molecule has 0 saturated heterocycles. The van der Waals surface area contributed by atoms with Gasteiger partial charge in [0.15, 0.2) is 0 Å². The third-order valence-electron chi connectivity index (χ3n) is 3.32. The Labute approximate surface area is 116 Å². The van der Waals surface area contributed by atoms with E-state index in [9.17, 15) is 0 Å². The molecule has 2 rings (SSSR count). The second-order valence-corrected chi connectivity index (χ2v) is 4.85. The number of nitrogens with zero attached hydrogens (tertiary/aromatic N) is 1. The van der Waals surface area contributed by atoms with Crippen molar-refractivity contribution in [2.75, 3.05) is 0 Å². The Morgan fingerprint density at radius 3 is 2.53 bits per heavy atom. The molecule has 0 fully saturated rings. The van der Waals surface area contributed by atoms with Crippen LogP contribution in [0.4, 0.5) is 5.69 Å². The Bertz CT molecular complexity index is 555. The molecule has 0 N–H and O–H groups in total. The molecule has 98 valence electrons. The van der Waals surface area contributed by atoms with Crippen LogP contribution in [0.25, 0.3) is 0 Å². The molecule has 0 amide bonds. The fraction of sp³-hybridized carbons (Fsp3) is 0.278. The summed E-state index contributed by atoms with van der Waals surface area (Å²) in [7, 11) is 0. The van der Waals surface area contributed by atoms with Crippen LogP contribution in [0, 0.1) is 6.92 Å². The van der Waals surface area contributed by atoms with Crippen molar-refractivity contribution >= 4 is 11.9 Å². The highest BCUT2D eigenvalue weighted by Crippen LogP contribution is 2.21. The number of aryl methyl sites for hydroxylation is 2. The van der Waals surface area contributed by atoms with Gasteiger partial charge in [-0.1, -0.05) is 55.8 Å². The van der Waals surface area contributed by atoms with Crippen molar-refractivity contribution in [3.05, 3.63) is 65.2 Å². The maximum Gasteiger partial charge on any atom is 0.0661 e. The smallest absolute Gasteiger partial charge is 0.0661 e. The summed E-state index contributed by atoms with van der Waals surface area (Å²) < 4.78 is 0. The number of benzene rings is 2. The minimum Gasteiger partial charge on any atom is -0.256 e. The third kappa shape index (κ3) is 3.78. The van der Waals surface area contributed by atoms with Crippen molar-refractivity contribution in [2.45, 2.75) is 33.1 Å². The minimum atomic E-state index is 1.10. The Kier molecular flexibility index (Phi) is 4.91. The predicted molar refractivity (Wildman–Crippen MR) is 83.5 cm³/mol. The summed E-state index contributed by atoms with van der Waals surface area (Å²) in [6.45, 7) is 4.34. The summed E-state index contributed by atoms with van der Waals surface area (Å²) in [5.74, 6) is 0. The fourth-order valence-corrected chi connectivity index (χ4v) is 2.09. The summed E-state index contributed by atoms with van der Waals surface area (Å²) in [5, 5.41) is 0. The van der Waals surface area contributed by atoms with E-state index in [1.165, 1.54) is 29.5 Å². The van der Waals surface area contributed by atoms with Crippen LogP contribution in [-0.4, -0.2) is 6.21 Å². The summed E-state index contributed by atoms with van der Waals surface area (Å²) >= 11 is 0. The van der Waals surface area contributed by atoms with Gasteiger partial charge in [-0.05, 0) is 42.5 Å². The lowest BCUT2D eigenvalue weighted by molar-refractivity contribution is 0.795. The van der Waals surface area contributed by atoms with Gasteiger partial charge in [0.1, 0.15) is 0 Å². The van der Waals surface area contributed by atoms with Gasteiger partial charge >= 0.3 is 0 Å². The van der Waals surface area contributed by atoms with E-state index in [0.29, 0.717) is 0 Å². The normalized spacial score (nSPS) is 11.1. The topological polar surface area (TPSA) is 12.4 Å². The minimum absolute atomic E-state index is 1.10. The van der Waals surface area contributed by atoms with Gasteiger partial charge in [0.05, 0.1) is 5.69 Å². The van der Waals surface area contributed by atoms with E-state index in [2.05, 4.69) is 67.4 Å². The molecule has 19 heavy (non-hydrogen) atoms. The van der Waals surface area contributed by atoms with Gasteiger partial charge in [-0.3, -0.25) is 4.99 Å². The van der Waals surface area contributed by atoms with Crippen molar-refractivity contribution in [2.24, 2.45) is 4.99 Å². The second kappa shape index (κ2) is 6.89. The van der Waals surface area contributed by atoms with Crippen LogP contribution in [0.1, 0.15) is 36.5 Å². The van der Waals surface area contributed by atoms with Crippen molar-refractivity contribution < 1.29 is 0 Å². The summed E-state index contributed by atoms with van der Waals surface area (Å²) in [6.07, 6.45) is 5.52. The maximum absolute atomic E-state index is 4.67. The highest BCUT2D eigenvalue weighted by atomic mass is 14.7. The van der Waals surface area contributed by atoms with Gasteiger partial charge in [-0.2, -0.15) is 0 Å². The Balaban J connectivity index is 2.21. The van der Waals surface area contributed by atoms with Crippen molar-refractivity contribution in [3.63, 3.8) is 0 Å². The molecular weight excluding hydrogens is 230 g/mol. The average molecular weight is 251 g/mol. The monoisotopic (exact) mass is 251 g/mol. The standard InChI is InChI=1S/C18H21N/c1-3-4-10-16-11-7-8-13-18(16)19-14-17-12-6-5-9-15(17)2/h5-9,11-14H,3-4,10H2,1-2H3. The molecule has 0 atom stereocenters. The molecule has 2 aromatic carbocycles. The van der Waals surface area contributed by atoms with Crippen LogP contribution in [0.15, 0.2) is 53.5 Å². The lowest BCUT2D eigenvalue weighted by Crippen LogP contribution is -1.88. The first kappa shape index (κ1) is 13.5. The molecule has 0 saturated carbocycles. The summed E-state index contributed by atoms with van der Waals surface area (Å²) in [4.78, 5) is 4.67. The van der Waals surface area contributed by atoms with Crippen molar-refractivity contribution in [1.82, 2.24) is 0 Å². The van der Waals surface area contributed by atoms with Gasteiger partial charge in [0, 0.05) is 6.21 Å². The zero-order valence-corrected chi connectivity index (χ0v) is 11.8. The molecule has 2 aromatic rings. The SMILES string of the molecule is CCCCc1ccccc1N=Cc1ccccc1C. The number of unbranched alkanes of at least 4 members (excludes halogenated alkanes) is 1. The van der Waals surface area contributed by atoms with Gasteiger partial charge in [-0.25, -0.2) is 0 Å². The summed E-state index contributed by atoms with van der Waals surface area (Å²) in [5.41, 5.74) is 4.89. The van der Waals surface area contributed by atoms with Crippen molar-refractivity contribution in [1.29, 1.82) is 0 Å². The number of aliphatic imine (C=N–C) groups is 1. The van der Waals surface area contributed by atoms with Crippen LogP contribution in [0.2, 0.25) is 0 Å². The predicted octanol–water partition coefficient (Wildman–Crippen LogP) is 5.09. The maximum atomic E-state index is 4.67. The van der Waals surface area contributed by atoms with Crippen molar-refractivity contribution in [3.8, 4) is 0 Å². The molecule has 0 radical (unpaired) electrons. The molecule has 0 heterocycles.